The molecule has 0 fully saturated rings. The maximum absolute atomic E-state index is 12.8. The highest BCUT2D eigenvalue weighted by Gasteiger charge is 2.30. The molecule has 0 aliphatic heterocycles. The van der Waals surface area contributed by atoms with Crippen LogP contribution in [-0.2, 0) is 12.7 Å². The van der Waals surface area contributed by atoms with E-state index in [0.29, 0.717) is 11.3 Å². The summed E-state index contributed by atoms with van der Waals surface area (Å²) in [5.74, 6) is 0. The number of nitrogens with zero attached hydrogens (tertiary/aromatic N) is 2. The molecule has 0 bridgehead atoms. The van der Waals surface area contributed by atoms with Crippen LogP contribution in [0.4, 0.5) is 13.2 Å². The second kappa shape index (κ2) is 7.39. The zero-order chi connectivity index (χ0) is 18.6. The average Bonchev–Trinajstić information content (AvgIpc) is 2.63. The van der Waals surface area contributed by atoms with Crippen molar-refractivity contribution < 1.29 is 13.2 Å². The molecule has 6 heteroatoms. The van der Waals surface area contributed by atoms with Crippen molar-refractivity contribution in [3.05, 3.63) is 99.5 Å². The molecule has 0 radical (unpaired) electrons. The van der Waals surface area contributed by atoms with Crippen LogP contribution in [0.2, 0.25) is 0 Å². The first-order chi connectivity index (χ1) is 12.4. The topological polar surface area (TPSA) is 34.9 Å². The van der Waals surface area contributed by atoms with E-state index in [4.69, 9.17) is 0 Å². The molecular formula is C20H15F3N2O. The summed E-state index contributed by atoms with van der Waals surface area (Å²) in [5, 5.41) is 4.21. The minimum atomic E-state index is -4.42. The van der Waals surface area contributed by atoms with Crippen molar-refractivity contribution >= 4 is 12.2 Å². The Balaban J connectivity index is 1.85. The van der Waals surface area contributed by atoms with Gasteiger partial charge in [-0.3, -0.25) is 4.79 Å². The molecule has 2 aromatic carbocycles. The van der Waals surface area contributed by atoms with Crippen molar-refractivity contribution in [3.63, 3.8) is 0 Å². The van der Waals surface area contributed by atoms with Gasteiger partial charge in [0.05, 0.1) is 17.8 Å². The Morgan fingerprint density at radius 1 is 0.923 bits per heavy atom. The van der Waals surface area contributed by atoms with E-state index in [2.05, 4.69) is 5.10 Å². The predicted octanol–water partition coefficient (Wildman–Crippen LogP) is 4.48. The van der Waals surface area contributed by atoms with E-state index in [0.717, 1.165) is 22.4 Å². The maximum Gasteiger partial charge on any atom is 0.416 e. The van der Waals surface area contributed by atoms with Gasteiger partial charge in [0.1, 0.15) is 0 Å². The SMILES string of the molecule is O=c1ccc(C=Cc2ccccc2)nn1Cc1cccc(C(F)(F)F)c1. The van der Waals surface area contributed by atoms with Crippen molar-refractivity contribution in [1.82, 2.24) is 9.78 Å². The fraction of sp³-hybridized carbons (Fsp3) is 0.100. The Labute approximate surface area is 148 Å². The molecule has 26 heavy (non-hydrogen) atoms. The number of benzene rings is 2. The summed E-state index contributed by atoms with van der Waals surface area (Å²) < 4.78 is 39.6. The van der Waals surface area contributed by atoms with E-state index in [-0.39, 0.29) is 12.1 Å². The minimum absolute atomic E-state index is 0.0320. The smallest absolute Gasteiger partial charge is 0.268 e. The van der Waals surface area contributed by atoms with Gasteiger partial charge in [0, 0.05) is 6.07 Å². The lowest BCUT2D eigenvalue weighted by Gasteiger charge is -2.10. The second-order valence-corrected chi connectivity index (χ2v) is 5.70. The number of halogens is 3. The minimum Gasteiger partial charge on any atom is -0.268 e. The third-order valence-corrected chi connectivity index (χ3v) is 3.72. The quantitative estimate of drug-likeness (QED) is 0.691. The fourth-order valence-corrected chi connectivity index (χ4v) is 2.43. The summed E-state index contributed by atoms with van der Waals surface area (Å²) in [6, 6.07) is 17.4. The van der Waals surface area contributed by atoms with Gasteiger partial charge in [-0.25, -0.2) is 4.68 Å². The summed E-state index contributed by atoms with van der Waals surface area (Å²) in [5.41, 5.74) is 0.756. The zero-order valence-electron chi connectivity index (χ0n) is 13.6. The Morgan fingerprint density at radius 2 is 1.69 bits per heavy atom. The molecule has 0 atom stereocenters. The average molecular weight is 356 g/mol. The third-order valence-electron chi connectivity index (χ3n) is 3.72. The molecular weight excluding hydrogens is 341 g/mol. The van der Waals surface area contributed by atoms with Crippen LogP contribution in [-0.4, -0.2) is 9.78 Å². The Hall–Kier alpha value is -3.15. The standard InChI is InChI=1S/C20H15F3N2O/c21-20(22,23)17-8-4-7-16(13-17)14-25-19(26)12-11-18(24-25)10-9-15-5-2-1-3-6-15/h1-13H,14H2. The molecule has 3 nitrogen and oxygen atoms in total. The molecule has 0 saturated carbocycles. The lowest BCUT2D eigenvalue weighted by Crippen LogP contribution is -2.23. The molecule has 0 spiro atoms. The highest BCUT2D eigenvalue weighted by Crippen LogP contribution is 2.29. The highest BCUT2D eigenvalue weighted by atomic mass is 19.4. The number of rotatable bonds is 4. The van der Waals surface area contributed by atoms with E-state index < -0.39 is 11.7 Å². The zero-order valence-corrected chi connectivity index (χ0v) is 13.6. The van der Waals surface area contributed by atoms with Gasteiger partial charge in [0.2, 0.25) is 0 Å². The number of hydrogen-bond donors (Lipinski definition) is 0. The molecule has 132 valence electrons. The number of alkyl halides is 3. The fourth-order valence-electron chi connectivity index (χ4n) is 2.43. The summed E-state index contributed by atoms with van der Waals surface area (Å²) in [7, 11) is 0. The summed E-state index contributed by atoms with van der Waals surface area (Å²) in [6.07, 6.45) is -0.826. The summed E-state index contributed by atoms with van der Waals surface area (Å²) in [4.78, 5) is 12.0. The van der Waals surface area contributed by atoms with Crippen molar-refractivity contribution in [2.24, 2.45) is 0 Å². The Bertz CT molecular complexity index is 976. The van der Waals surface area contributed by atoms with Gasteiger partial charge in [0.15, 0.2) is 0 Å². The van der Waals surface area contributed by atoms with Crippen molar-refractivity contribution in [2.75, 3.05) is 0 Å². The van der Waals surface area contributed by atoms with Crippen molar-refractivity contribution in [1.29, 1.82) is 0 Å². The van der Waals surface area contributed by atoms with Crippen LogP contribution in [0.25, 0.3) is 12.2 Å². The van der Waals surface area contributed by atoms with E-state index in [1.165, 1.54) is 18.2 Å². The molecule has 3 aromatic rings. The first-order valence-electron chi connectivity index (χ1n) is 7.89. The number of hydrogen-bond acceptors (Lipinski definition) is 2. The van der Waals surface area contributed by atoms with Gasteiger partial charge in [-0.2, -0.15) is 18.3 Å². The Morgan fingerprint density at radius 3 is 2.42 bits per heavy atom. The van der Waals surface area contributed by atoms with Gasteiger partial charge in [-0.15, -0.1) is 0 Å². The van der Waals surface area contributed by atoms with Gasteiger partial charge in [0.25, 0.3) is 5.56 Å². The first-order valence-corrected chi connectivity index (χ1v) is 7.89. The van der Waals surface area contributed by atoms with Crippen molar-refractivity contribution in [2.45, 2.75) is 12.7 Å². The van der Waals surface area contributed by atoms with Gasteiger partial charge in [-0.05, 0) is 35.4 Å². The molecule has 0 saturated heterocycles. The Kier molecular flexibility index (Phi) is 5.02. The highest BCUT2D eigenvalue weighted by molar-refractivity contribution is 5.67. The summed E-state index contributed by atoms with van der Waals surface area (Å²) >= 11 is 0. The molecule has 0 N–H and O–H groups in total. The largest absolute Gasteiger partial charge is 0.416 e. The van der Waals surface area contributed by atoms with Gasteiger partial charge < -0.3 is 0 Å². The predicted molar refractivity (Wildman–Crippen MR) is 94.4 cm³/mol. The van der Waals surface area contributed by atoms with Gasteiger partial charge >= 0.3 is 6.18 Å². The van der Waals surface area contributed by atoms with E-state index in [1.807, 2.05) is 36.4 Å². The maximum atomic E-state index is 12.8. The van der Waals surface area contributed by atoms with Crippen LogP contribution in [0.1, 0.15) is 22.4 Å². The molecule has 0 unspecified atom stereocenters. The van der Waals surface area contributed by atoms with Crippen LogP contribution in [0, 0.1) is 0 Å². The summed E-state index contributed by atoms with van der Waals surface area (Å²) in [6.45, 7) is -0.0320. The van der Waals surface area contributed by atoms with Crippen LogP contribution < -0.4 is 5.56 Å². The first kappa shape index (κ1) is 17.7. The molecule has 0 aliphatic carbocycles. The molecule has 0 amide bonds. The van der Waals surface area contributed by atoms with E-state index >= 15 is 0 Å². The second-order valence-electron chi connectivity index (χ2n) is 5.70. The molecule has 0 aliphatic rings. The monoisotopic (exact) mass is 356 g/mol. The van der Waals surface area contributed by atoms with E-state index in [1.54, 1.807) is 12.1 Å². The van der Waals surface area contributed by atoms with Crippen LogP contribution in [0.15, 0.2) is 71.5 Å². The lowest BCUT2D eigenvalue weighted by molar-refractivity contribution is -0.137. The third kappa shape index (κ3) is 4.47. The van der Waals surface area contributed by atoms with Crippen LogP contribution in [0.5, 0.6) is 0 Å². The lowest BCUT2D eigenvalue weighted by atomic mass is 10.1. The van der Waals surface area contributed by atoms with E-state index in [9.17, 15) is 18.0 Å². The molecule has 1 aromatic heterocycles. The molecule has 3 rings (SSSR count). The van der Waals surface area contributed by atoms with Crippen LogP contribution >= 0.6 is 0 Å². The van der Waals surface area contributed by atoms with Gasteiger partial charge in [-0.1, -0.05) is 48.5 Å². The van der Waals surface area contributed by atoms with Crippen LogP contribution in [0.3, 0.4) is 0 Å². The number of aromatic nitrogens is 2. The normalized spacial score (nSPS) is 11.8. The molecule has 1 heterocycles. The van der Waals surface area contributed by atoms with Crippen molar-refractivity contribution in [3.8, 4) is 0 Å².